The van der Waals surface area contributed by atoms with Gasteiger partial charge in [0.05, 0.1) is 0 Å². The van der Waals surface area contributed by atoms with Crippen LogP contribution >= 0.6 is 15.9 Å². The molecule has 17 heavy (non-hydrogen) atoms. The van der Waals surface area contributed by atoms with E-state index in [1.807, 2.05) is 6.07 Å². The summed E-state index contributed by atoms with van der Waals surface area (Å²) >= 11 is 3.35. The van der Waals surface area contributed by atoms with Gasteiger partial charge in [0, 0.05) is 16.7 Å². The van der Waals surface area contributed by atoms with E-state index in [0.717, 1.165) is 10.9 Å². The van der Waals surface area contributed by atoms with Gasteiger partial charge in [0.2, 0.25) is 0 Å². The van der Waals surface area contributed by atoms with Gasteiger partial charge in [-0.25, -0.2) is 4.98 Å². The minimum absolute atomic E-state index is 0.0857. The molecule has 1 aliphatic rings. The molecule has 2 rings (SSSR count). The van der Waals surface area contributed by atoms with Crippen LogP contribution in [0.3, 0.4) is 0 Å². The number of amides is 1. The van der Waals surface area contributed by atoms with Crippen LogP contribution in [0.1, 0.15) is 43.6 Å². The minimum Gasteiger partial charge on any atom is -0.347 e. The topological polar surface area (TPSA) is 42.0 Å². The van der Waals surface area contributed by atoms with Crippen LogP contribution in [-0.2, 0) is 0 Å². The first kappa shape index (κ1) is 12.6. The van der Waals surface area contributed by atoms with Gasteiger partial charge in [0.25, 0.3) is 5.91 Å². The zero-order valence-electron chi connectivity index (χ0n) is 10.2. The third-order valence-corrected chi connectivity index (χ3v) is 4.18. The van der Waals surface area contributed by atoms with E-state index in [4.69, 9.17) is 0 Å². The van der Waals surface area contributed by atoms with Crippen molar-refractivity contribution in [2.45, 2.75) is 39.2 Å². The maximum absolute atomic E-state index is 12.1. The molecule has 1 unspecified atom stereocenters. The van der Waals surface area contributed by atoms with Gasteiger partial charge < -0.3 is 5.32 Å². The molecule has 0 bridgehead atoms. The summed E-state index contributed by atoms with van der Waals surface area (Å²) in [5.41, 5.74) is 0.659. The lowest BCUT2D eigenvalue weighted by molar-refractivity contribution is 0.0904. The Balaban J connectivity index is 2.10. The molecule has 1 atom stereocenters. The number of halogens is 1. The highest BCUT2D eigenvalue weighted by atomic mass is 79.9. The SMILES string of the molecule is CC1(C)CCCC1NC(=O)c1ncccc1Br. The number of carbonyl (C=O) groups excluding carboxylic acids is 1. The minimum atomic E-state index is -0.0857. The van der Waals surface area contributed by atoms with Crippen molar-refractivity contribution in [2.75, 3.05) is 0 Å². The Bertz CT molecular complexity index is 431. The van der Waals surface area contributed by atoms with Crippen molar-refractivity contribution in [2.24, 2.45) is 5.41 Å². The molecule has 0 spiro atoms. The summed E-state index contributed by atoms with van der Waals surface area (Å²) in [6.45, 7) is 4.41. The molecule has 1 fully saturated rings. The van der Waals surface area contributed by atoms with Crippen LogP contribution in [0.25, 0.3) is 0 Å². The first-order valence-corrected chi connectivity index (χ1v) is 6.71. The fourth-order valence-electron chi connectivity index (χ4n) is 2.37. The largest absolute Gasteiger partial charge is 0.347 e. The zero-order chi connectivity index (χ0) is 12.5. The molecule has 0 radical (unpaired) electrons. The number of nitrogens with one attached hydrogen (secondary N) is 1. The third-order valence-electron chi connectivity index (χ3n) is 3.54. The Morgan fingerprint density at radius 1 is 1.59 bits per heavy atom. The maximum atomic E-state index is 12.1. The van der Waals surface area contributed by atoms with Gasteiger partial charge in [-0.05, 0) is 46.3 Å². The monoisotopic (exact) mass is 296 g/mol. The molecule has 0 saturated heterocycles. The Kier molecular flexibility index (Phi) is 3.52. The van der Waals surface area contributed by atoms with Crippen molar-refractivity contribution in [3.8, 4) is 0 Å². The van der Waals surface area contributed by atoms with Crippen LogP contribution in [0.15, 0.2) is 22.8 Å². The predicted octanol–water partition coefficient (Wildman–Crippen LogP) is 3.15. The molecule has 1 aromatic rings. The third kappa shape index (κ3) is 2.68. The van der Waals surface area contributed by atoms with E-state index >= 15 is 0 Å². The van der Waals surface area contributed by atoms with E-state index in [9.17, 15) is 4.79 Å². The summed E-state index contributed by atoms with van der Waals surface area (Å²) in [4.78, 5) is 16.2. The molecule has 4 heteroatoms. The van der Waals surface area contributed by atoms with Gasteiger partial charge in [-0.2, -0.15) is 0 Å². The molecular formula is C13H17BrN2O. The molecule has 1 aliphatic carbocycles. The van der Waals surface area contributed by atoms with Crippen molar-refractivity contribution in [3.63, 3.8) is 0 Å². The van der Waals surface area contributed by atoms with Crippen molar-refractivity contribution >= 4 is 21.8 Å². The first-order chi connectivity index (χ1) is 8.00. The van der Waals surface area contributed by atoms with Gasteiger partial charge in [-0.3, -0.25) is 4.79 Å². The van der Waals surface area contributed by atoms with Crippen LogP contribution in [0, 0.1) is 5.41 Å². The molecule has 1 aromatic heterocycles. The standard InChI is InChI=1S/C13H17BrN2O/c1-13(2)7-3-6-10(13)16-12(17)11-9(14)5-4-8-15-11/h4-5,8,10H,3,6-7H2,1-2H3,(H,16,17). The van der Waals surface area contributed by atoms with Crippen LogP contribution in [0.2, 0.25) is 0 Å². The van der Waals surface area contributed by atoms with Crippen molar-refractivity contribution in [1.82, 2.24) is 10.3 Å². The fraction of sp³-hybridized carbons (Fsp3) is 0.538. The van der Waals surface area contributed by atoms with Crippen LogP contribution < -0.4 is 5.32 Å². The number of aromatic nitrogens is 1. The quantitative estimate of drug-likeness (QED) is 0.911. The average Bonchev–Trinajstić information content (AvgIpc) is 2.59. The van der Waals surface area contributed by atoms with E-state index < -0.39 is 0 Å². The number of rotatable bonds is 2. The average molecular weight is 297 g/mol. The highest BCUT2D eigenvalue weighted by molar-refractivity contribution is 9.10. The van der Waals surface area contributed by atoms with Gasteiger partial charge >= 0.3 is 0 Å². The molecule has 0 aliphatic heterocycles. The summed E-state index contributed by atoms with van der Waals surface area (Å²) < 4.78 is 0.744. The fourth-order valence-corrected chi connectivity index (χ4v) is 2.81. The van der Waals surface area contributed by atoms with E-state index in [0.29, 0.717) is 5.69 Å². The summed E-state index contributed by atoms with van der Waals surface area (Å²) in [5, 5.41) is 3.09. The number of pyridine rings is 1. The molecule has 1 N–H and O–H groups in total. The van der Waals surface area contributed by atoms with Crippen LogP contribution in [-0.4, -0.2) is 16.9 Å². The van der Waals surface area contributed by atoms with E-state index in [2.05, 4.69) is 40.1 Å². The number of carbonyl (C=O) groups is 1. The van der Waals surface area contributed by atoms with Gasteiger partial charge in [0.1, 0.15) is 5.69 Å². The lowest BCUT2D eigenvalue weighted by Gasteiger charge is -2.27. The molecule has 0 aromatic carbocycles. The van der Waals surface area contributed by atoms with Crippen molar-refractivity contribution in [3.05, 3.63) is 28.5 Å². The van der Waals surface area contributed by atoms with E-state index in [1.165, 1.54) is 12.8 Å². The van der Waals surface area contributed by atoms with Crippen LogP contribution in [0.5, 0.6) is 0 Å². The van der Waals surface area contributed by atoms with Crippen molar-refractivity contribution < 1.29 is 4.79 Å². The first-order valence-electron chi connectivity index (χ1n) is 5.92. The number of nitrogens with zero attached hydrogens (tertiary/aromatic N) is 1. The molecule has 1 saturated carbocycles. The van der Waals surface area contributed by atoms with Gasteiger partial charge in [-0.1, -0.05) is 20.3 Å². The summed E-state index contributed by atoms with van der Waals surface area (Å²) in [6, 6.07) is 3.89. The normalized spacial score (nSPS) is 22.4. The summed E-state index contributed by atoms with van der Waals surface area (Å²) in [6.07, 6.45) is 5.05. The molecule has 1 heterocycles. The summed E-state index contributed by atoms with van der Waals surface area (Å²) in [5.74, 6) is -0.0857. The molecule has 1 amide bonds. The van der Waals surface area contributed by atoms with E-state index in [1.54, 1.807) is 12.3 Å². The van der Waals surface area contributed by atoms with Gasteiger partial charge in [-0.15, -0.1) is 0 Å². The van der Waals surface area contributed by atoms with Crippen LogP contribution in [0.4, 0.5) is 0 Å². The Morgan fingerprint density at radius 2 is 2.35 bits per heavy atom. The lowest BCUT2D eigenvalue weighted by atomic mass is 9.87. The second-order valence-corrected chi connectivity index (χ2v) is 6.10. The summed E-state index contributed by atoms with van der Waals surface area (Å²) in [7, 11) is 0. The smallest absolute Gasteiger partial charge is 0.271 e. The number of hydrogen-bond donors (Lipinski definition) is 1. The second kappa shape index (κ2) is 4.77. The van der Waals surface area contributed by atoms with Gasteiger partial charge in [0.15, 0.2) is 0 Å². The lowest BCUT2D eigenvalue weighted by Crippen LogP contribution is -2.41. The highest BCUT2D eigenvalue weighted by Gasteiger charge is 2.35. The molecular weight excluding hydrogens is 280 g/mol. The number of hydrogen-bond acceptors (Lipinski definition) is 2. The Labute approximate surface area is 110 Å². The predicted molar refractivity (Wildman–Crippen MR) is 70.8 cm³/mol. The second-order valence-electron chi connectivity index (χ2n) is 5.24. The van der Waals surface area contributed by atoms with E-state index in [-0.39, 0.29) is 17.4 Å². The van der Waals surface area contributed by atoms with Crippen molar-refractivity contribution in [1.29, 1.82) is 0 Å². The molecule has 3 nitrogen and oxygen atoms in total. The maximum Gasteiger partial charge on any atom is 0.271 e. The zero-order valence-corrected chi connectivity index (χ0v) is 11.8. The molecule has 92 valence electrons. The Hall–Kier alpha value is -0.900. The Morgan fingerprint density at radius 3 is 2.94 bits per heavy atom. The highest BCUT2D eigenvalue weighted by Crippen LogP contribution is 2.37.